The van der Waals surface area contributed by atoms with E-state index in [0.717, 1.165) is 10.0 Å². The number of nitrogens with zero attached hydrogens (tertiary/aromatic N) is 1. The molecule has 0 saturated heterocycles. The van der Waals surface area contributed by atoms with Gasteiger partial charge < -0.3 is 9.64 Å². The molecule has 2 N–H and O–H groups in total. The molecule has 1 amide bonds. The van der Waals surface area contributed by atoms with Gasteiger partial charge in [0.1, 0.15) is 5.75 Å². The van der Waals surface area contributed by atoms with Crippen LogP contribution in [0.4, 0.5) is 5.69 Å². The highest BCUT2D eigenvalue weighted by atomic mass is 79.9. The number of halogens is 1. The Hall–Kier alpha value is -1.90. The van der Waals surface area contributed by atoms with E-state index in [2.05, 4.69) is 15.9 Å². The Morgan fingerprint density at radius 2 is 1.83 bits per heavy atom. The Balaban J connectivity index is 1.96. The summed E-state index contributed by atoms with van der Waals surface area (Å²) < 4.78 is 29.0. The van der Waals surface area contributed by atoms with Crippen molar-refractivity contribution in [2.75, 3.05) is 11.5 Å². The molecule has 6 nitrogen and oxygen atoms in total. The highest BCUT2D eigenvalue weighted by Crippen LogP contribution is 2.29. The summed E-state index contributed by atoms with van der Waals surface area (Å²) in [6.07, 6.45) is 0. The predicted octanol–water partition coefficient (Wildman–Crippen LogP) is 2.02. The number of nitrogens with two attached hydrogens (primary N) is 1. The van der Waals surface area contributed by atoms with Crippen LogP contribution in [-0.2, 0) is 21.4 Å². The van der Waals surface area contributed by atoms with Gasteiger partial charge in [0.15, 0.2) is 6.61 Å². The van der Waals surface area contributed by atoms with Gasteiger partial charge >= 0.3 is 0 Å². The summed E-state index contributed by atoms with van der Waals surface area (Å²) in [5.41, 5.74) is 1.44. The zero-order valence-electron chi connectivity index (χ0n) is 11.9. The predicted molar refractivity (Wildman–Crippen MR) is 88.6 cm³/mol. The minimum Gasteiger partial charge on any atom is -0.483 e. The largest absolute Gasteiger partial charge is 0.483 e. The zero-order chi connectivity index (χ0) is 16.6. The summed E-state index contributed by atoms with van der Waals surface area (Å²) in [5.74, 6) is 0.450. The zero-order valence-corrected chi connectivity index (χ0v) is 14.3. The highest BCUT2D eigenvalue weighted by Gasteiger charge is 2.23. The Kier molecular flexibility index (Phi) is 4.13. The molecule has 0 spiro atoms. The van der Waals surface area contributed by atoms with Crippen LogP contribution in [0.5, 0.6) is 5.75 Å². The van der Waals surface area contributed by atoms with E-state index in [9.17, 15) is 13.2 Å². The Bertz CT molecular complexity index is 866. The number of rotatable bonds is 2. The lowest BCUT2D eigenvalue weighted by Crippen LogP contribution is -2.32. The number of carbonyl (C=O) groups excluding carboxylic acids is 1. The van der Waals surface area contributed by atoms with Gasteiger partial charge in [-0.1, -0.05) is 15.9 Å². The lowest BCUT2D eigenvalue weighted by Gasteiger charge is -2.20. The van der Waals surface area contributed by atoms with Crippen LogP contribution in [0.15, 0.2) is 51.8 Å². The van der Waals surface area contributed by atoms with Crippen LogP contribution < -0.4 is 14.8 Å². The molecule has 0 atom stereocenters. The molecule has 1 aliphatic rings. The molecule has 0 bridgehead atoms. The molecule has 23 heavy (non-hydrogen) atoms. The lowest BCUT2D eigenvalue weighted by atomic mass is 10.2. The van der Waals surface area contributed by atoms with Gasteiger partial charge in [-0.15, -0.1) is 0 Å². The quantitative estimate of drug-likeness (QED) is 0.840. The van der Waals surface area contributed by atoms with Crippen LogP contribution in [0.25, 0.3) is 0 Å². The number of hydrogen-bond acceptors (Lipinski definition) is 4. The molecule has 1 heterocycles. The van der Waals surface area contributed by atoms with Crippen molar-refractivity contribution in [2.24, 2.45) is 5.14 Å². The molecule has 0 radical (unpaired) electrons. The number of anilines is 1. The van der Waals surface area contributed by atoms with Crippen molar-refractivity contribution >= 4 is 37.5 Å². The molecule has 0 aromatic heterocycles. The molecule has 120 valence electrons. The number of fused-ring (bicyclic) bond motifs is 1. The van der Waals surface area contributed by atoms with Gasteiger partial charge in [0, 0.05) is 15.7 Å². The number of ether oxygens (including phenoxy) is 1. The van der Waals surface area contributed by atoms with Crippen LogP contribution in [0.1, 0.15) is 5.56 Å². The number of benzene rings is 2. The van der Waals surface area contributed by atoms with Crippen molar-refractivity contribution in [2.45, 2.75) is 11.4 Å². The van der Waals surface area contributed by atoms with Crippen LogP contribution in [0.3, 0.4) is 0 Å². The first kappa shape index (κ1) is 16.0. The number of amides is 1. The highest BCUT2D eigenvalue weighted by molar-refractivity contribution is 9.10. The van der Waals surface area contributed by atoms with Gasteiger partial charge in [0.2, 0.25) is 10.0 Å². The molecule has 0 unspecified atom stereocenters. The summed E-state index contributed by atoms with van der Waals surface area (Å²) in [6.45, 7) is 0.258. The van der Waals surface area contributed by atoms with E-state index in [-0.39, 0.29) is 17.4 Å². The molecular weight excluding hydrogens is 384 g/mol. The maximum absolute atomic E-state index is 12.3. The number of hydrogen-bond donors (Lipinski definition) is 1. The Labute approximate surface area is 142 Å². The molecule has 8 heteroatoms. The van der Waals surface area contributed by atoms with Crippen molar-refractivity contribution in [3.8, 4) is 5.75 Å². The third kappa shape index (κ3) is 3.39. The number of carbonyl (C=O) groups is 1. The van der Waals surface area contributed by atoms with E-state index in [0.29, 0.717) is 18.0 Å². The SMILES string of the molecule is NS(=O)(=O)c1ccc(N2Cc3cc(Br)ccc3OCC2=O)cc1. The monoisotopic (exact) mass is 396 g/mol. The third-order valence-corrected chi connectivity index (χ3v) is 4.90. The average Bonchev–Trinajstić information content (AvgIpc) is 2.66. The summed E-state index contributed by atoms with van der Waals surface area (Å²) in [5, 5.41) is 5.08. The standard InChI is InChI=1S/C15H13BrN2O4S/c16-11-1-6-14-10(7-11)8-18(15(19)9-22-14)12-2-4-13(5-3-12)23(17,20)21/h1-7H,8-9H2,(H2,17,20,21). The van der Waals surface area contributed by atoms with Crippen molar-refractivity contribution in [1.82, 2.24) is 0 Å². The van der Waals surface area contributed by atoms with Gasteiger partial charge in [-0.3, -0.25) is 4.79 Å². The smallest absolute Gasteiger partial charge is 0.265 e. The van der Waals surface area contributed by atoms with Crippen molar-refractivity contribution in [1.29, 1.82) is 0 Å². The molecule has 0 fully saturated rings. The van der Waals surface area contributed by atoms with E-state index in [1.807, 2.05) is 12.1 Å². The normalized spacial score (nSPS) is 14.9. The van der Waals surface area contributed by atoms with Crippen molar-refractivity contribution in [3.63, 3.8) is 0 Å². The second kappa shape index (κ2) is 5.95. The molecule has 1 aliphatic heterocycles. The van der Waals surface area contributed by atoms with Crippen molar-refractivity contribution in [3.05, 3.63) is 52.5 Å². The fourth-order valence-corrected chi connectivity index (χ4v) is 3.26. The van der Waals surface area contributed by atoms with E-state index in [1.54, 1.807) is 23.1 Å². The number of sulfonamides is 1. The van der Waals surface area contributed by atoms with Gasteiger partial charge in [0.25, 0.3) is 5.91 Å². The number of primary sulfonamides is 1. The lowest BCUT2D eigenvalue weighted by molar-refractivity contribution is -0.120. The van der Waals surface area contributed by atoms with Crippen LogP contribution >= 0.6 is 15.9 Å². The fraction of sp³-hybridized carbons (Fsp3) is 0.133. The molecule has 0 saturated carbocycles. The van der Waals surface area contributed by atoms with Gasteiger partial charge in [-0.2, -0.15) is 0 Å². The van der Waals surface area contributed by atoms with Crippen LogP contribution in [0.2, 0.25) is 0 Å². The maximum atomic E-state index is 12.3. The van der Waals surface area contributed by atoms with Gasteiger partial charge in [0.05, 0.1) is 11.4 Å². The van der Waals surface area contributed by atoms with Gasteiger partial charge in [-0.05, 0) is 42.5 Å². The van der Waals surface area contributed by atoms with Crippen LogP contribution in [-0.4, -0.2) is 20.9 Å². The first-order valence-electron chi connectivity index (χ1n) is 6.69. The average molecular weight is 397 g/mol. The molecule has 2 aromatic carbocycles. The van der Waals surface area contributed by atoms with Crippen molar-refractivity contribution < 1.29 is 17.9 Å². The van der Waals surface area contributed by atoms with E-state index < -0.39 is 10.0 Å². The van der Waals surface area contributed by atoms with Crippen LogP contribution in [0, 0.1) is 0 Å². The fourth-order valence-electron chi connectivity index (χ4n) is 2.34. The summed E-state index contributed by atoms with van der Waals surface area (Å²) >= 11 is 3.40. The Morgan fingerprint density at radius 1 is 1.13 bits per heavy atom. The molecular formula is C15H13BrN2O4S. The minimum atomic E-state index is -3.76. The maximum Gasteiger partial charge on any atom is 0.265 e. The second-order valence-electron chi connectivity index (χ2n) is 5.06. The second-order valence-corrected chi connectivity index (χ2v) is 7.54. The minimum absolute atomic E-state index is 0.00270. The topological polar surface area (TPSA) is 89.7 Å². The van der Waals surface area contributed by atoms with E-state index in [1.165, 1.54) is 12.1 Å². The summed E-state index contributed by atoms with van der Waals surface area (Å²) in [4.78, 5) is 13.8. The Morgan fingerprint density at radius 3 is 2.48 bits per heavy atom. The third-order valence-electron chi connectivity index (χ3n) is 3.48. The van der Waals surface area contributed by atoms with E-state index in [4.69, 9.17) is 9.88 Å². The van der Waals surface area contributed by atoms with E-state index >= 15 is 0 Å². The first-order valence-corrected chi connectivity index (χ1v) is 9.03. The summed E-state index contributed by atoms with van der Waals surface area (Å²) in [7, 11) is -3.76. The molecule has 3 rings (SSSR count). The van der Waals surface area contributed by atoms with Gasteiger partial charge in [-0.25, -0.2) is 13.6 Å². The molecule has 0 aliphatic carbocycles. The first-order chi connectivity index (χ1) is 10.8. The summed E-state index contributed by atoms with van der Waals surface area (Å²) in [6, 6.07) is 11.4. The molecule has 2 aromatic rings.